The van der Waals surface area contributed by atoms with Crippen LogP contribution in [0, 0.1) is 0 Å². The molecule has 1 heterocycles. The average Bonchev–Trinajstić information content (AvgIpc) is 2.27. The molecule has 0 saturated carbocycles. The minimum absolute atomic E-state index is 0.00242. The second kappa shape index (κ2) is 4.97. The van der Waals surface area contributed by atoms with Crippen LogP contribution in [-0.4, -0.2) is 37.0 Å². The minimum Gasteiger partial charge on any atom is -0.508 e. The van der Waals surface area contributed by atoms with E-state index in [0.717, 1.165) is 0 Å². The number of phenolic OH excluding ortho intramolecular Hbond substituents is 1. The van der Waals surface area contributed by atoms with E-state index < -0.39 is 9.84 Å². The fraction of sp³-hybridized carbons (Fsp3) is 0.417. The quantitative estimate of drug-likeness (QED) is 0.827. The van der Waals surface area contributed by atoms with E-state index in [4.69, 9.17) is 0 Å². The Kier molecular flexibility index (Phi) is 3.56. The number of sulfone groups is 1. The Morgan fingerprint density at radius 2 is 2.17 bits per heavy atom. The summed E-state index contributed by atoms with van der Waals surface area (Å²) in [5.41, 5.74) is 0.331. The molecule has 1 aromatic carbocycles. The lowest BCUT2D eigenvalue weighted by atomic mass is 10.1. The molecule has 1 atom stereocenters. The minimum atomic E-state index is -3.03. The molecular formula is C12H15NO4S. The summed E-state index contributed by atoms with van der Waals surface area (Å²) in [5.74, 6) is -0.143. The molecule has 0 aliphatic carbocycles. The Morgan fingerprint density at radius 1 is 1.39 bits per heavy atom. The number of carbonyl (C=O) groups is 1. The summed E-state index contributed by atoms with van der Waals surface area (Å²) in [6.45, 7) is 0. The summed E-state index contributed by atoms with van der Waals surface area (Å²) >= 11 is 0. The van der Waals surface area contributed by atoms with Crippen molar-refractivity contribution in [1.29, 1.82) is 0 Å². The lowest BCUT2D eigenvalue weighted by Crippen LogP contribution is -2.43. The third-order valence-corrected chi connectivity index (χ3v) is 4.73. The molecule has 1 amide bonds. The summed E-state index contributed by atoms with van der Waals surface area (Å²) in [4.78, 5) is 11.9. The summed E-state index contributed by atoms with van der Waals surface area (Å²) in [6, 6.07) is 5.64. The van der Waals surface area contributed by atoms with Crippen LogP contribution in [0.4, 0.5) is 0 Å². The van der Waals surface area contributed by atoms with E-state index in [2.05, 4.69) is 5.32 Å². The van der Waals surface area contributed by atoms with Gasteiger partial charge in [-0.25, -0.2) is 8.42 Å². The number of rotatable bonds is 2. The Morgan fingerprint density at radius 3 is 2.83 bits per heavy atom. The van der Waals surface area contributed by atoms with Crippen molar-refractivity contribution < 1.29 is 18.3 Å². The van der Waals surface area contributed by atoms with Gasteiger partial charge in [-0.15, -0.1) is 0 Å². The Labute approximate surface area is 106 Å². The van der Waals surface area contributed by atoms with Crippen molar-refractivity contribution in [3.05, 3.63) is 29.8 Å². The predicted octanol–water partition coefficient (Wildman–Crippen LogP) is 0.699. The van der Waals surface area contributed by atoms with Gasteiger partial charge in [0.25, 0.3) is 5.91 Å². The first kappa shape index (κ1) is 12.9. The second-order valence-electron chi connectivity index (χ2n) is 4.48. The first-order valence-corrected chi connectivity index (χ1v) is 7.59. The van der Waals surface area contributed by atoms with Gasteiger partial charge in [-0.1, -0.05) is 6.07 Å². The van der Waals surface area contributed by atoms with E-state index in [9.17, 15) is 18.3 Å². The first-order chi connectivity index (χ1) is 8.46. The van der Waals surface area contributed by atoms with Crippen molar-refractivity contribution in [2.24, 2.45) is 0 Å². The Bertz CT molecular complexity index is 553. The van der Waals surface area contributed by atoms with E-state index >= 15 is 0 Å². The molecule has 1 saturated heterocycles. The number of nitrogens with one attached hydrogen (secondary N) is 1. The van der Waals surface area contributed by atoms with E-state index in [1.165, 1.54) is 12.1 Å². The molecule has 2 rings (SSSR count). The van der Waals surface area contributed by atoms with Gasteiger partial charge in [-0.2, -0.15) is 0 Å². The summed E-state index contributed by atoms with van der Waals surface area (Å²) in [7, 11) is -3.03. The second-order valence-corrected chi connectivity index (χ2v) is 6.71. The van der Waals surface area contributed by atoms with Crippen molar-refractivity contribution in [2.75, 3.05) is 11.5 Å². The van der Waals surface area contributed by atoms with E-state index in [1.807, 2.05) is 0 Å². The zero-order valence-corrected chi connectivity index (χ0v) is 10.6. The van der Waals surface area contributed by atoms with Crippen LogP contribution in [0.5, 0.6) is 5.75 Å². The van der Waals surface area contributed by atoms with E-state index in [-0.39, 0.29) is 29.2 Å². The molecule has 1 unspecified atom stereocenters. The standard InChI is InChI=1S/C12H15NO4S/c14-11-5-1-3-9(7-11)12(15)13-10-4-2-6-18(16,17)8-10/h1,3,5,7,10,14H,2,4,6,8H2,(H,13,15). The SMILES string of the molecule is O=C(NC1CCCS(=O)(=O)C1)c1cccc(O)c1. The molecule has 0 bridgehead atoms. The van der Waals surface area contributed by atoms with Crippen LogP contribution >= 0.6 is 0 Å². The normalized spacial score (nSPS) is 22.3. The summed E-state index contributed by atoms with van der Waals surface area (Å²) in [5, 5.41) is 12.0. The molecule has 0 radical (unpaired) electrons. The number of aromatic hydroxyl groups is 1. The number of hydrogen-bond acceptors (Lipinski definition) is 4. The van der Waals surface area contributed by atoms with Gasteiger partial charge in [0.1, 0.15) is 5.75 Å². The monoisotopic (exact) mass is 269 g/mol. The Hall–Kier alpha value is -1.56. The van der Waals surface area contributed by atoms with Gasteiger partial charge in [-0.05, 0) is 31.0 Å². The van der Waals surface area contributed by atoms with Gasteiger partial charge >= 0.3 is 0 Å². The predicted molar refractivity (Wildman–Crippen MR) is 67.2 cm³/mol. The molecule has 1 aliphatic heterocycles. The largest absolute Gasteiger partial charge is 0.508 e. The van der Waals surface area contributed by atoms with Gasteiger partial charge in [0.2, 0.25) is 0 Å². The van der Waals surface area contributed by atoms with Crippen LogP contribution in [0.2, 0.25) is 0 Å². The van der Waals surface area contributed by atoms with Crippen LogP contribution in [0.3, 0.4) is 0 Å². The van der Waals surface area contributed by atoms with E-state index in [0.29, 0.717) is 18.4 Å². The van der Waals surface area contributed by atoms with Crippen LogP contribution in [0.15, 0.2) is 24.3 Å². The third-order valence-electron chi connectivity index (χ3n) is 2.91. The number of benzene rings is 1. The first-order valence-electron chi connectivity index (χ1n) is 5.76. The maximum absolute atomic E-state index is 11.9. The zero-order chi connectivity index (χ0) is 13.2. The molecule has 0 spiro atoms. The van der Waals surface area contributed by atoms with Crippen molar-refractivity contribution in [1.82, 2.24) is 5.32 Å². The fourth-order valence-electron chi connectivity index (χ4n) is 2.05. The van der Waals surface area contributed by atoms with Gasteiger partial charge in [-0.3, -0.25) is 4.79 Å². The molecule has 0 aromatic heterocycles. The van der Waals surface area contributed by atoms with Crippen molar-refractivity contribution in [3.8, 4) is 5.75 Å². The summed E-state index contributed by atoms with van der Waals surface area (Å²) < 4.78 is 22.9. The smallest absolute Gasteiger partial charge is 0.251 e. The third kappa shape index (κ3) is 3.22. The topological polar surface area (TPSA) is 83.5 Å². The van der Waals surface area contributed by atoms with Gasteiger partial charge in [0, 0.05) is 11.6 Å². The maximum Gasteiger partial charge on any atom is 0.251 e. The molecule has 1 aliphatic rings. The van der Waals surface area contributed by atoms with Crippen LogP contribution in [0.25, 0.3) is 0 Å². The van der Waals surface area contributed by atoms with Crippen molar-refractivity contribution in [2.45, 2.75) is 18.9 Å². The maximum atomic E-state index is 11.9. The summed E-state index contributed by atoms with van der Waals surface area (Å²) in [6.07, 6.45) is 1.25. The number of phenols is 1. The molecule has 98 valence electrons. The number of carbonyl (C=O) groups excluding carboxylic acids is 1. The molecule has 1 fully saturated rings. The van der Waals surface area contributed by atoms with Gasteiger partial charge in [0.05, 0.1) is 11.5 Å². The highest BCUT2D eigenvalue weighted by Gasteiger charge is 2.26. The highest BCUT2D eigenvalue weighted by atomic mass is 32.2. The van der Waals surface area contributed by atoms with Crippen LogP contribution in [-0.2, 0) is 9.84 Å². The lowest BCUT2D eigenvalue weighted by molar-refractivity contribution is 0.0938. The van der Waals surface area contributed by atoms with Gasteiger partial charge in [0.15, 0.2) is 9.84 Å². The molecule has 18 heavy (non-hydrogen) atoms. The van der Waals surface area contributed by atoms with E-state index in [1.54, 1.807) is 12.1 Å². The molecule has 6 heteroatoms. The van der Waals surface area contributed by atoms with Crippen molar-refractivity contribution in [3.63, 3.8) is 0 Å². The molecule has 2 N–H and O–H groups in total. The fourth-order valence-corrected chi connectivity index (χ4v) is 3.69. The van der Waals surface area contributed by atoms with Crippen LogP contribution in [0.1, 0.15) is 23.2 Å². The highest BCUT2D eigenvalue weighted by Crippen LogP contribution is 2.14. The van der Waals surface area contributed by atoms with Crippen LogP contribution < -0.4 is 5.32 Å². The molecule has 5 nitrogen and oxygen atoms in total. The average molecular weight is 269 g/mol. The zero-order valence-electron chi connectivity index (χ0n) is 9.80. The lowest BCUT2D eigenvalue weighted by Gasteiger charge is -2.23. The van der Waals surface area contributed by atoms with Gasteiger partial charge < -0.3 is 10.4 Å². The van der Waals surface area contributed by atoms with Crippen molar-refractivity contribution >= 4 is 15.7 Å². The highest BCUT2D eigenvalue weighted by molar-refractivity contribution is 7.91. The molecular weight excluding hydrogens is 254 g/mol. The number of amides is 1. The molecule has 1 aromatic rings. The Balaban J connectivity index is 2.03. The number of hydrogen-bond donors (Lipinski definition) is 2.